The molecule has 0 amide bonds. The van der Waals surface area contributed by atoms with Gasteiger partial charge < -0.3 is 10.1 Å². The maximum absolute atomic E-state index is 11.4. The maximum Gasteiger partial charge on any atom is 0.323 e. The van der Waals surface area contributed by atoms with Crippen LogP contribution in [0, 0.1) is 11.8 Å². The van der Waals surface area contributed by atoms with Crippen LogP contribution in [0.2, 0.25) is 0 Å². The maximum atomic E-state index is 11.4. The average molecular weight is 183 g/mol. The SMILES string of the molecule is COC(=O)C1NCCC1C1CCC1. The van der Waals surface area contributed by atoms with Crippen LogP contribution >= 0.6 is 0 Å². The second-order valence-electron chi connectivity index (χ2n) is 4.10. The van der Waals surface area contributed by atoms with Gasteiger partial charge in [0.15, 0.2) is 0 Å². The fourth-order valence-electron chi connectivity index (χ4n) is 2.48. The molecule has 0 spiro atoms. The van der Waals surface area contributed by atoms with Gasteiger partial charge in [-0.05, 0) is 24.8 Å². The molecule has 0 aromatic carbocycles. The molecule has 1 saturated carbocycles. The molecule has 0 bridgehead atoms. The molecule has 2 atom stereocenters. The summed E-state index contributed by atoms with van der Waals surface area (Å²) < 4.78 is 4.78. The summed E-state index contributed by atoms with van der Waals surface area (Å²) in [5.74, 6) is 1.25. The monoisotopic (exact) mass is 183 g/mol. The summed E-state index contributed by atoms with van der Waals surface area (Å²) in [4.78, 5) is 11.4. The summed E-state index contributed by atoms with van der Waals surface area (Å²) in [5, 5.41) is 3.23. The van der Waals surface area contributed by atoms with Crippen molar-refractivity contribution >= 4 is 5.97 Å². The third-order valence-corrected chi connectivity index (χ3v) is 3.48. The van der Waals surface area contributed by atoms with Gasteiger partial charge in [0.1, 0.15) is 6.04 Å². The summed E-state index contributed by atoms with van der Waals surface area (Å²) in [6.45, 7) is 0.973. The standard InChI is InChI=1S/C10H17NO2/c1-13-10(12)9-8(5-6-11-9)7-3-2-4-7/h7-9,11H,2-6H2,1H3. The van der Waals surface area contributed by atoms with E-state index in [1.807, 2.05) is 0 Å². The van der Waals surface area contributed by atoms with Crippen molar-refractivity contribution in [1.29, 1.82) is 0 Å². The normalized spacial score (nSPS) is 34.2. The smallest absolute Gasteiger partial charge is 0.323 e. The largest absolute Gasteiger partial charge is 0.468 e. The molecular formula is C10H17NO2. The van der Waals surface area contributed by atoms with Crippen molar-refractivity contribution in [2.45, 2.75) is 31.7 Å². The van der Waals surface area contributed by atoms with Crippen LogP contribution in [0.1, 0.15) is 25.7 Å². The van der Waals surface area contributed by atoms with E-state index in [4.69, 9.17) is 4.74 Å². The van der Waals surface area contributed by atoms with E-state index < -0.39 is 0 Å². The molecule has 0 radical (unpaired) electrons. The van der Waals surface area contributed by atoms with E-state index in [1.165, 1.54) is 26.4 Å². The summed E-state index contributed by atoms with van der Waals surface area (Å²) in [6, 6.07) is -0.0182. The molecule has 1 saturated heterocycles. The molecule has 1 heterocycles. The molecule has 3 heteroatoms. The van der Waals surface area contributed by atoms with Crippen molar-refractivity contribution in [1.82, 2.24) is 5.32 Å². The minimum absolute atomic E-state index is 0.0182. The molecule has 0 aromatic heterocycles. The van der Waals surface area contributed by atoms with Gasteiger partial charge in [0.2, 0.25) is 0 Å². The lowest BCUT2D eigenvalue weighted by atomic mass is 9.73. The molecule has 3 nitrogen and oxygen atoms in total. The first kappa shape index (κ1) is 9.00. The lowest BCUT2D eigenvalue weighted by Gasteiger charge is -2.33. The molecule has 1 N–H and O–H groups in total. The van der Waals surface area contributed by atoms with Gasteiger partial charge in [-0.1, -0.05) is 19.3 Å². The van der Waals surface area contributed by atoms with E-state index in [0.29, 0.717) is 5.92 Å². The summed E-state index contributed by atoms with van der Waals surface area (Å²) in [6.07, 6.45) is 5.10. The van der Waals surface area contributed by atoms with Gasteiger partial charge in [0, 0.05) is 0 Å². The van der Waals surface area contributed by atoms with Crippen LogP contribution in [0.4, 0.5) is 0 Å². The van der Waals surface area contributed by atoms with Crippen LogP contribution in [0.15, 0.2) is 0 Å². The van der Waals surface area contributed by atoms with Crippen LogP contribution in [0.25, 0.3) is 0 Å². The Morgan fingerprint density at radius 3 is 2.69 bits per heavy atom. The van der Waals surface area contributed by atoms with E-state index in [0.717, 1.165) is 18.9 Å². The second-order valence-corrected chi connectivity index (χ2v) is 4.10. The van der Waals surface area contributed by atoms with Crippen LogP contribution in [0.5, 0.6) is 0 Å². The quantitative estimate of drug-likeness (QED) is 0.647. The number of hydrogen-bond acceptors (Lipinski definition) is 3. The third kappa shape index (κ3) is 1.57. The lowest BCUT2D eigenvalue weighted by molar-refractivity contribution is -0.144. The Hall–Kier alpha value is -0.570. The topological polar surface area (TPSA) is 38.3 Å². The van der Waals surface area contributed by atoms with Gasteiger partial charge in [-0.2, -0.15) is 0 Å². The first-order chi connectivity index (χ1) is 6.33. The molecule has 2 fully saturated rings. The first-order valence-electron chi connectivity index (χ1n) is 5.14. The predicted octanol–water partition coefficient (Wildman–Crippen LogP) is 0.938. The van der Waals surface area contributed by atoms with Crippen molar-refractivity contribution in [3.8, 4) is 0 Å². The Labute approximate surface area is 78.8 Å². The van der Waals surface area contributed by atoms with Crippen molar-refractivity contribution in [2.24, 2.45) is 11.8 Å². The number of methoxy groups -OCH3 is 1. The van der Waals surface area contributed by atoms with Crippen molar-refractivity contribution in [3.63, 3.8) is 0 Å². The van der Waals surface area contributed by atoms with Crippen molar-refractivity contribution in [2.75, 3.05) is 13.7 Å². The zero-order chi connectivity index (χ0) is 9.26. The van der Waals surface area contributed by atoms with E-state index in [9.17, 15) is 4.79 Å². The number of ether oxygens (including phenoxy) is 1. The van der Waals surface area contributed by atoms with Crippen molar-refractivity contribution < 1.29 is 9.53 Å². The minimum Gasteiger partial charge on any atom is -0.468 e. The highest BCUT2D eigenvalue weighted by molar-refractivity contribution is 5.76. The van der Waals surface area contributed by atoms with Gasteiger partial charge in [0.05, 0.1) is 7.11 Å². The van der Waals surface area contributed by atoms with Crippen LogP contribution in [0.3, 0.4) is 0 Å². The summed E-state index contributed by atoms with van der Waals surface area (Å²) in [5.41, 5.74) is 0. The highest BCUT2D eigenvalue weighted by atomic mass is 16.5. The lowest BCUT2D eigenvalue weighted by Crippen LogP contribution is -2.40. The Bertz CT molecular complexity index is 201. The Kier molecular flexibility index (Phi) is 2.54. The molecule has 74 valence electrons. The molecule has 2 aliphatic rings. The highest BCUT2D eigenvalue weighted by Gasteiger charge is 2.40. The number of nitrogens with one attached hydrogen (secondary N) is 1. The van der Waals surface area contributed by atoms with Crippen LogP contribution < -0.4 is 5.32 Å². The first-order valence-corrected chi connectivity index (χ1v) is 5.14. The number of hydrogen-bond donors (Lipinski definition) is 1. The van der Waals surface area contributed by atoms with E-state index in [1.54, 1.807) is 0 Å². The zero-order valence-corrected chi connectivity index (χ0v) is 8.08. The molecule has 2 rings (SSSR count). The van der Waals surface area contributed by atoms with Gasteiger partial charge in [-0.25, -0.2) is 0 Å². The zero-order valence-electron chi connectivity index (χ0n) is 8.08. The van der Waals surface area contributed by atoms with E-state index >= 15 is 0 Å². The van der Waals surface area contributed by atoms with Gasteiger partial charge in [0.25, 0.3) is 0 Å². The fraction of sp³-hybridized carbons (Fsp3) is 0.900. The molecule has 1 aliphatic carbocycles. The number of carbonyl (C=O) groups is 1. The number of esters is 1. The fourth-order valence-corrected chi connectivity index (χ4v) is 2.48. The Balaban J connectivity index is 1.96. The number of carbonyl (C=O) groups excluding carboxylic acids is 1. The Morgan fingerprint density at radius 1 is 1.38 bits per heavy atom. The molecular weight excluding hydrogens is 166 g/mol. The van der Waals surface area contributed by atoms with E-state index in [-0.39, 0.29) is 12.0 Å². The third-order valence-electron chi connectivity index (χ3n) is 3.48. The van der Waals surface area contributed by atoms with E-state index in [2.05, 4.69) is 5.32 Å². The van der Waals surface area contributed by atoms with Crippen molar-refractivity contribution in [3.05, 3.63) is 0 Å². The average Bonchev–Trinajstić information content (AvgIpc) is 2.49. The summed E-state index contributed by atoms with van der Waals surface area (Å²) >= 11 is 0. The molecule has 1 aliphatic heterocycles. The number of rotatable bonds is 2. The summed E-state index contributed by atoms with van der Waals surface area (Å²) in [7, 11) is 1.47. The van der Waals surface area contributed by atoms with Gasteiger partial charge >= 0.3 is 5.97 Å². The van der Waals surface area contributed by atoms with Crippen LogP contribution in [-0.4, -0.2) is 25.7 Å². The minimum atomic E-state index is -0.0746. The van der Waals surface area contributed by atoms with Gasteiger partial charge in [-0.15, -0.1) is 0 Å². The Morgan fingerprint density at radius 2 is 2.15 bits per heavy atom. The molecule has 2 unspecified atom stereocenters. The highest BCUT2D eigenvalue weighted by Crippen LogP contribution is 2.38. The molecule has 13 heavy (non-hydrogen) atoms. The second kappa shape index (κ2) is 3.66. The predicted molar refractivity (Wildman–Crippen MR) is 49.3 cm³/mol. The van der Waals surface area contributed by atoms with Gasteiger partial charge in [-0.3, -0.25) is 4.79 Å². The molecule has 0 aromatic rings. The van der Waals surface area contributed by atoms with Crippen LogP contribution in [-0.2, 0) is 9.53 Å².